The summed E-state index contributed by atoms with van der Waals surface area (Å²) in [5.41, 5.74) is 3.45. The van der Waals surface area contributed by atoms with Crippen LogP contribution >= 0.6 is 0 Å². The highest BCUT2D eigenvalue weighted by Gasteiger charge is 2.23. The van der Waals surface area contributed by atoms with Crippen molar-refractivity contribution in [3.63, 3.8) is 0 Å². The minimum atomic E-state index is -1.27. The van der Waals surface area contributed by atoms with Crippen LogP contribution in [0.15, 0.2) is 0 Å². The predicted octanol–water partition coefficient (Wildman–Crippen LogP) is 2.60. The first kappa shape index (κ1) is 14.3. The van der Waals surface area contributed by atoms with Crippen LogP contribution < -0.4 is 0 Å². The van der Waals surface area contributed by atoms with Crippen molar-refractivity contribution in [2.45, 2.75) is 38.9 Å². The van der Waals surface area contributed by atoms with Crippen molar-refractivity contribution in [1.29, 1.82) is 0 Å². The summed E-state index contributed by atoms with van der Waals surface area (Å²) in [6.45, 7) is 7.59. The van der Waals surface area contributed by atoms with Gasteiger partial charge >= 0.3 is 0 Å². The second kappa shape index (κ2) is 7.57. The second-order valence-electron chi connectivity index (χ2n) is 4.13. The Morgan fingerprint density at radius 1 is 0.933 bits per heavy atom. The number of nitrogens with zero attached hydrogens (tertiary/aromatic N) is 1. The van der Waals surface area contributed by atoms with Gasteiger partial charge in [0, 0.05) is 0 Å². The van der Waals surface area contributed by atoms with Crippen molar-refractivity contribution in [3.05, 3.63) is 0 Å². The van der Waals surface area contributed by atoms with E-state index in [4.69, 9.17) is 0 Å². The Kier molecular flexibility index (Phi) is 7.22. The van der Waals surface area contributed by atoms with Crippen LogP contribution in [-0.4, -0.2) is 33.6 Å². The molecule has 0 aliphatic carbocycles. The van der Waals surface area contributed by atoms with Crippen molar-refractivity contribution >= 4 is 8.07 Å². The fourth-order valence-electron chi connectivity index (χ4n) is 1.42. The first-order valence-corrected chi connectivity index (χ1v) is 8.37. The Morgan fingerprint density at radius 3 is 1.87 bits per heavy atom. The lowest BCUT2D eigenvalue weighted by atomic mass is 10.5. The van der Waals surface area contributed by atoms with Crippen LogP contribution in [0.25, 0.3) is 0 Å². The van der Waals surface area contributed by atoms with Gasteiger partial charge in [-0.05, 0) is 44.1 Å². The van der Waals surface area contributed by atoms with Crippen molar-refractivity contribution in [1.82, 2.24) is 4.90 Å². The average molecular weight is 221 g/mol. The Morgan fingerprint density at radius 2 is 1.47 bits per heavy atom. The Hall–Kier alpha value is -0.703. The molecule has 15 heavy (non-hydrogen) atoms. The van der Waals surface area contributed by atoms with Gasteiger partial charge in [-0.15, -0.1) is 5.54 Å². The summed E-state index contributed by atoms with van der Waals surface area (Å²) in [4.78, 5) is 2.05. The third-order valence-electron chi connectivity index (χ3n) is 2.90. The standard InChI is InChI=1S/C13H23NSi/c1-6-15(7-2,8-3)13-11-9-10-12-14(4)5/h6-8,12H2,1-5H3. The smallest absolute Gasteiger partial charge is 0.139 e. The lowest BCUT2D eigenvalue weighted by molar-refractivity contribution is 0.464. The summed E-state index contributed by atoms with van der Waals surface area (Å²) < 4.78 is 0. The average Bonchev–Trinajstić information content (AvgIpc) is 2.24. The molecule has 0 aromatic rings. The lowest BCUT2D eigenvalue weighted by Gasteiger charge is -2.19. The van der Waals surface area contributed by atoms with E-state index in [0.29, 0.717) is 0 Å². The molecule has 0 fully saturated rings. The summed E-state index contributed by atoms with van der Waals surface area (Å²) in [5.74, 6) is 9.07. The summed E-state index contributed by atoms with van der Waals surface area (Å²) in [5, 5.41) is 0. The van der Waals surface area contributed by atoms with E-state index in [2.05, 4.69) is 49.0 Å². The Balaban J connectivity index is 4.39. The molecule has 0 aliphatic heterocycles. The zero-order chi connectivity index (χ0) is 11.7. The van der Waals surface area contributed by atoms with E-state index < -0.39 is 8.07 Å². The van der Waals surface area contributed by atoms with Crippen LogP contribution in [0.5, 0.6) is 0 Å². The van der Waals surface area contributed by atoms with Crippen LogP contribution in [0, 0.1) is 23.3 Å². The molecule has 0 heterocycles. The van der Waals surface area contributed by atoms with E-state index in [9.17, 15) is 0 Å². The zero-order valence-corrected chi connectivity index (χ0v) is 11.8. The van der Waals surface area contributed by atoms with E-state index in [-0.39, 0.29) is 0 Å². The van der Waals surface area contributed by atoms with Gasteiger partial charge in [-0.2, -0.15) is 0 Å². The first-order chi connectivity index (χ1) is 7.10. The van der Waals surface area contributed by atoms with Gasteiger partial charge in [0.1, 0.15) is 8.07 Å². The van der Waals surface area contributed by atoms with Gasteiger partial charge in [0.05, 0.1) is 6.54 Å². The molecule has 0 N–H and O–H groups in total. The highest BCUT2D eigenvalue weighted by molar-refractivity contribution is 6.87. The maximum atomic E-state index is 3.45. The van der Waals surface area contributed by atoms with Crippen molar-refractivity contribution in [2.24, 2.45) is 0 Å². The van der Waals surface area contributed by atoms with E-state index >= 15 is 0 Å². The number of hydrogen-bond acceptors (Lipinski definition) is 1. The molecule has 0 unspecified atom stereocenters. The Bertz CT molecular complexity index is 273. The minimum Gasteiger partial charge on any atom is -0.298 e. The molecule has 0 aromatic heterocycles. The number of rotatable bonds is 4. The molecule has 0 aliphatic rings. The largest absolute Gasteiger partial charge is 0.298 e. The molecule has 0 atom stereocenters. The van der Waals surface area contributed by atoms with E-state index in [1.807, 2.05) is 14.1 Å². The zero-order valence-electron chi connectivity index (χ0n) is 10.8. The summed E-state index contributed by atoms with van der Waals surface area (Å²) >= 11 is 0. The molecule has 1 nitrogen and oxygen atoms in total. The quantitative estimate of drug-likeness (QED) is 0.521. The molecule has 0 saturated carbocycles. The molecular formula is C13H23NSi. The molecule has 2 heteroatoms. The molecule has 0 saturated heterocycles. The fraction of sp³-hybridized carbons (Fsp3) is 0.692. The predicted molar refractivity (Wildman–Crippen MR) is 71.3 cm³/mol. The summed E-state index contributed by atoms with van der Waals surface area (Å²) in [7, 11) is 2.77. The van der Waals surface area contributed by atoms with Crippen LogP contribution in [0.2, 0.25) is 18.1 Å². The molecule has 84 valence electrons. The van der Waals surface area contributed by atoms with E-state index in [1.54, 1.807) is 0 Å². The van der Waals surface area contributed by atoms with Gasteiger partial charge in [-0.25, -0.2) is 0 Å². The molecule has 0 bridgehead atoms. The van der Waals surface area contributed by atoms with Gasteiger partial charge in [-0.1, -0.05) is 26.7 Å². The monoisotopic (exact) mass is 221 g/mol. The van der Waals surface area contributed by atoms with Crippen LogP contribution in [0.4, 0.5) is 0 Å². The molecule has 0 spiro atoms. The van der Waals surface area contributed by atoms with E-state index in [1.165, 1.54) is 18.1 Å². The van der Waals surface area contributed by atoms with Gasteiger partial charge in [0.25, 0.3) is 0 Å². The highest BCUT2D eigenvalue weighted by atomic mass is 28.3. The van der Waals surface area contributed by atoms with E-state index in [0.717, 1.165) is 6.54 Å². The van der Waals surface area contributed by atoms with Crippen molar-refractivity contribution in [2.75, 3.05) is 20.6 Å². The molecule has 0 aromatic carbocycles. The third kappa shape index (κ3) is 5.67. The minimum absolute atomic E-state index is 0.799. The summed E-state index contributed by atoms with van der Waals surface area (Å²) in [6.07, 6.45) is 0. The third-order valence-corrected chi connectivity index (χ3v) is 7.62. The van der Waals surface area contributed by atoms with Crippen molar-refractivity contribution in [3.8, 4) is 23.3 Å². The van der Waals surface area contributed by atoms with Crippen LogP contribution in [0.1, 0.15) is 20.8 Å². The maximum Gasteiger partial charge on any atom is 0.139 e. The second-order valence-corrected chi connectivity index (χ2v) is 9.06. The lowest BCUT2D eigenvalue weighted by Crippen LogP contribution is -2.29. The molecule has 0 rings (SSSR count). The van der Waals surface area contributed by atoms with Gasteiger partial charge in [-0.3, -0.25) is 4.90 Å². The molecule has 0 amide bonds. The number of hydrogen-bond donors (Lipinski definition) is 0. The molecular weight excluding hydrogens is 198 g/mol. The SMILES string of the molecule is CC[Si](C#CC#CCN(C)C)(CC)CC. The van der Waals surface area contributed by atoms with Gasteiger partial charge in [0.15, 0.2) is 0 Å². The normalized spacial score (nSPS) is 10.3. The van der Waals surface area contributed by atoms with Crippen molar-refractivity contribution < 1.29 is 0 Å². The van der Waals surface area contributed by atoms with Gasteiger partial charge in [0.2, 0.25) is 0 Å². The molecule has 0 radical (unpaired) electrons. The van der Waals surface area contributed by atoms with Crippen LogP contribution in [-0.2, 0) is 0 Å². The summed E-state index contributed by atoms with van der Waals surface area (Å²) in [6, 6.07) is 3.76. The Labute approximate surface area is 96.3 Å². The fourth-order valence-corrected chi connectivity index (χ4v) is 3.78. The highest BCUT2D eigenvalue weighted by Crippen LogP contribution is 2.18. The van der Waals surface area contributed by atoms with Gasteiger partial charge < -0.3 is 0 Å². The maximum absolute atomic E-state index is 3.45. The van der Waals surface area contributed by atoms with Crippen LogP contribution in [0.3, 0.4) is 0 Å². The first-order valence-electron chi connectivity index (χ1n) is 5.75. The topological polar surface area (TPSA) is 3.24 Å².